The molecule has 0 atom stereocenters. The van der Waals surface area contributed by atoms with E-state index in [0.717, 1.165) is 0 Å². The van der Waals surface area contributed by atoms with E-state index in [4.69, 9.17) is 16.3 Å². The van der Waals surface area contributed by atoms with Crippen molar-refractivity contribution in [2.75, 3.05) is 17.1 Å². The lowest BCUT2D eigenvalue weighted by molar-refractivity contribution is 0.101. The summed E-state index contributed by atoms with van der Waals surface area (Å²) in [5.41, 5.74) is 0.991. The maximum absolute atomic E-state index is 12.9. The van der Waals surface area contributed by atoms with Gasteiger partial charge in [0.1, 0.15) is 16.3 Å². The predicted molar refractivity (Wildman–Crippen MR) is 109 cm³/mol. The highest BCUT2D eigenvalue weighted by molar-refractivity contribution is 7.92. The molecule has 0 spiro atoms. The molecule has 1 amide bonds. The molecule has 0 bridgehead atoms. The molecule has 7 nitrogen and oxygen atoms in total. The second kappa shape index (κ2) is 7.95. The van der Waals surface area contributed by atoms with Crippen LogP contribution in [-0.4, -0.2) is 26.0 Å². The van der Waals surface area contributed by atoms with Crippen LogP contribution in [0.3, 0.4) is 0 Å². The number of nitrogens with zero attached hydrogens (tertiary/aromatic N) is 1. The number of hydrogen-bond donors (Lipinski definition) is 2. The number of amides is 1. The minimum absolute atomic E-state index is 0.125. The van der Waals surface area contributed by atoms with Crippen LogP contribution in [0.1, 0.15) is 10.5 Å². The summed E-state index contributed by atoms with van der Waals surface area (Å²) < 4.78 is 35.1. The second-order valence-corrected chi connectivity index (χ2v) is 7.97. The fraction of sp³-hybridized carbons (Fsp3) is 0.105. The Balaban J connectivity index is 1.93. The summed E-state index contributed by atoms with van der Waals surface area (Å²) in [5, 5.41) is 2.95. The Kier molecular flexibility index (Phi) is 5.62. The Morgan fingerprint density at radius 1 is 1.11 bits per heavy atom. The number of sulfonamides is 1. The molecule has 28 heavy (non-hydrogen) atoms. The third kappa shape index (κ3) is 4.13. The molecule has 0 unspecified atom stereocenters. The summed E-state index contributed by atoms with van der Waals surface area (Å²) in [6, 6.07) is 14.3. The van der Waals surface area contributed by atoms with Gasteiger partial charge in [-0.15, -0.1) is 0 Å². The van der Waals surface area contributed by atoms with E-state index in [2.05, 4.69) is 10.0 Å². The number of aryl methyl sites for hydroxylation is 1. The molecule has 0 saturated carbocycles. The van der Waals surface area contributed by atoms with Crippen molar-refractivity contribution < 1.29 is 17.9 Å². The van der Waals surface area contributed by atoms with Gasteiger partial charge >= 0.3 is 0 Å². The van der Waals surface area contributed by atoms with Gasteiger partial charge in [-0.1, -0.05) is 23.7 Å². The van der Waals surface area contributed by atoms with E-state index in [1.54, 1.807) is 60.3 Å². The van der Waals surface area contributed by atoms with Crippen molar-refractivity contribution in [1.82, 2.24) is 4.57 Å². The Hall–Kier alpha value is -2.97. The van der Waals surface area contributed by atoms with Crippen LogP contribution < -0.4 is 14.8 Å². The molecule has 0 aliphatic rings. The Bertz CT molecular complexity index is 1130. The van der Waals surface area contributed by atoms with Gasteiger partial charge in [-0.2, -0.15) is 0 Å². The highest BCUT2D eigenvalue weighted by atomic mass is 35.5. The van der Waals surface area contributed by atoms with Crippen LogP contribution in [0.2, 0.25) is 5.02 Å². The quantitative estimate of drug-likeness (QED) is 0.636. The summed E-state index contributed by atoms with van der Waals surface area (Å²) in [6.07, 6.45) is 1.74. The predicted octanol–water partition coefficient (Wildman–Crippen LogP) is 3.74. The van der Waals surface area contributed by atoms with Gasteiger partial charge in [0.2, 0.25) is 0 Å². The Labute approximate surface area is 167 Å². The van der Waals surface area contributed by atoms with Crippen molar-refractivity contribution in [2.45, 2.75) is 4.90 Å². The van der Waals surface area contributed by atoms with E-state index in [0.29, 0.717) is 11.4 Å². The molecule has 0 aliphatic carbocycles. The molecule has 1 aromatic heterocycles. The maximum Gasteiger partial charge on any atom is 0.272 e. The van der Waals surface area contributed by atoms with Gasteiger partial charge < -0.3 is 14.6 Å². The molecule has 9 heteroatoms. The molecule has 0 aliphatic heterocycles. The first kappa shape index (κ1) is 19.8. The van der Waals surface area contributed by atoms with Crippen LogP contribution in [0.4, 0.5) is 11.4 Å². The van der Waals surface area contributed by atoms with Gasteiger partial charge in [-0.05, 0) is 42.5 Å². The maximum atomic E-state index is 12.9. The number of aromatic nitrogens is 1. The lowest BCUT2D eigenvalue weighted by Crippen LogP contribution is -2.17. The van der Waals surface area contributed by atoms with Gasteiger partial charge in [-0.3, -0.25) is 9.52 Å². The minimum Gasteiger partial charge on any atom is -0.495 e. The molecular weight excluding hydrogens is 402 g/mol. The molecule has 1 heterocycles. The first-order valence-electron chi connectivity index (χ1n) is 8.20. The van der Waals surface area contributed by atoms with Gasteiger partial charge in [0, 0.05) is 18.9 Å². The second-order valence-electron chi connectivity index (χ2n) is 5.91. The Morgan fingerprint density at radius 2 is 1.86 bits per heavy atom. The van der Waals surface area contributed by atoms with Gasteiger partial charge in [0.05, 0.1) is 17.8 Å². The van der Waals surface area contributed by atoms with Gasteiger partial charge in [-0.25, -0.2) is 8.42 Å². The van der Waals surface area contributed by atoms with E-state index in [-0.39, 0.29) is 27.3 Å². The average Bonchev–Trinajstić information content (AvgIpc) is 3.09. The Morgan fingerprint density at radius 3 is 2.50 bits per heavy atom. The number of benzene rings is 2. The molecule has 146 valence electrons. The molecule has 2 aromatic carbocycles. The van der Waals surface area contributed by atoms with Crippen molar-refractivity contribution in [3.63, 3.8) is 0 Å². The van der Waals surface area contributed by atoms with Crippen LogP contribution >= 0.6 is 11.6 Å². The zero-order valence-electron chi connectivity index (χ0n) is 15.1. The van der Waals surface area contributed by atoms with E-state index >= 15 is 0 Å². The first-order valence-corrected chi connectivity index (χ1v) is 10.1. The number of methoxy groups -OCH3 is 1. The molecule has 3 aromatic rings. The lowest BCUT2D eigenvalue weighted by Gasteiger charge is -2.14. The third-order valence-corrected chi connectivity index (χ3v) is 5.72. The van der Waals surface area contributed by atoms with Crippen molar-refractivity contribution >= 4 is 38.9 Å². The summed E-state index contributed by atoms with van der Waals surface area (Å²) in [5.74, 6) is -0.225. The SMILES string of the molecule is COc1ccc(NC(=O)c2cccn2C)cc1S(=O)(=O)Nc1ccccc1Cl. The molecule has 2 N–H and O–H groups in total. The number of ether oxygens (including phenoxy) is 1. The number of hydrogen-bond acceptors (Lipinski definition) is 4. The third-order valence-electron chi connectivity index (χ3n) is 4.01. The topological polar surface area (TPSA) is 89.4 Å². The van der Waals surface area contributed by atoms with E-state index < -0.39 is 10.0 Å². The van der Waals surface area contributed by atoms with Gasteiger partial charge in [0.25, 0.3) is 15.9 Å². The lowest BCUT2D eigenvalue weighted by atomic mass is 10.3. The summed E-state index contributed by atoms with van der Waals surface area (Å²) >= 11 is 6.05. The van der Waals surface area contributed by atoms with Crippen molar-refractivity contribution in [3.05, 3.63) is 71.5 Å². The van der Waals surface area contributed by atoms with Crippen LogP contribution in [0.15, 0.2) is 65.7 Å². The highest BCUT2D eigenvalue weighted by Crippen LogP contribution is 2.31. The molecule has 0 radical (unpaired) electrons. The molecule has 0 saturated heterocycles. The van der Waals surface area contributed by atoms with Crippen LogP contribution in [0.5, 0.6) is 5.75 Å². The fourth-order valence-electron chi connectivity index (χ4n) is 2.60. The summed E-state index contributed by atoms with van der Waals surface area (Å²) in [4.78, 5) is 12.3. The van der Waals surface area contributed by atoms with Crippen molar-refractivity contribution in [2.24, 2.45) is 7.05 Å². The summed E-state index contributed by atoms with van der Waals surface area (Å²) in [7, 11) is -0.905. The normalized spacial score (nSPS) is 11.1. The van der Waals surface area contributed by atoms with Crippen molar-refractivity contribution in [3.8, 4) is 5.75 Å². The summed E-state index contributed by atoms with van der Waals surface area (Å²) in [6.45, 7) is 0. The zero-order valence-corrected chi connectivity index (χ0v) is 16.7. The first-order chi connectivity index (χ1) is 13.3. The molecule has 3 rings (SSSR count). The standard InChI is InChI=1S/C19H18ClN3O4S/c1-23-11-5-8-16(23)19(24)21-13-9-10-17(27-2)18(12-13)28(25,26)22-15-7-4-3-6-14(15)20/h3-12,22H,1-2H3,(H,21,24). The van der Waals surface area contributed by atoms with E-state index in [1.165, 1.54) is 19.2 Å². The van der Waals surface area contributed by atoms with Crippen LogP contribution in [0.25, 0.3) is 0 Å². The smallest absolute Gasteiger partial charge is 0.272 e. The fourth-order valence-corrected chi connectivity index (χ4v) is 4.12. The number of rotatable bonds is 6. The molecule has 0 fully saturated rings. The van der Waals surface area contributed by atoms with Gasteiger partial charge in [0.15, 0.2) is 0 Å². The minimum atomic E-state index is -4.01. The van der Waals surface area contributed by atoms with Crippen LogP contribution in [-0.2, 0) is 17.1 Å². The van der Waals surface area contributed by atoms with Crippen LogP contribution in [0, 0.1) is 0 Å². The average molecular weight is 420 g/mol. The highest BCUT2D eigenvalue weighted by Gasteiger charge is 2.22. The number of nitrogens with one attached hydrogen (secondary N) is 2. The monoisotopic (exact) mass is 419 g/mol. The molecular formula is C19H18ClN3O4S. The van der Waals surface area contributed by atoms with Crippen molar-refractivity contribution in [1.29, 1.82) is 0 Å². The number of anilines is 2. The number of para-hydroxylation sites is 1. The largest absolute Gasteiger partial charge is 0.495 e. The number of halogens is 1. The number of carbonyl (C=O) groups excluding carboxylic acids is 1. The van der Waals surface area contributed by atoms with E-state index in [9.17, 15) is 13.2 Å². The van der Waals surface area contributed by atoms with E-state index in [1.807, 2.05) is 0 Å². The number of carbonyl (C=O) groups is 1. The zero-order chi connectivity index (χ0) is 20.3.